The molecule has 137 valence electrons. The van der Waals surface area contributed by atoms with E-state index in [2.05, 4.69) is 20.5 Å². The molecule has 4 N–H and O–H groups in total. The molecule has 0 saturated carbocycles. The Morgan fingerprint density at radius 3 is 2.93 bits per heavy atom. The highest BCUT2D eigenvalue weighted by Crippen LogP contribution is 2.32. The van der Waals surface area contributed by atoms with Gasteiger partial charge in [-0.3, -0.25) is 9.89 Å². The van der Waals surface area contributed by atoms with Crippen molar-refractivity contribution < 1.29 is 9.53 Å². The van der Waals surface area contributed by atoms with Crippen LogP contribution in [0.25, 0.3) is 0 Å². The SMILES string of the molecule is NC(=O)c1ccccc1CC[CH]c1nc([C@H]2CNc3ccccc3O2)n[nH]1. The molecular weight excluding hydrogens is 342 g/mol. The number of aryl methyl sites for hydroxylation is 1. The van der Waals surface area contributed by atoms with Crippen LogP contribution in [0.1, 0.15) is 40.1 Å². The monoisotopic (exact) mass is 362 g/mol. The molecule has 1 aliphatic rings. The van der Waals surface area contributed by atoms with Crippen LogP contribution in [0.2, 0.25) is 0 Å². The molecule has 27 heavy (non-hydrogen) atoms. The molecule has 0 spiro atoms. The van der Waals surface area contributed by atoms with Crippen molar-refractivity contribution in [1.29, 1.82) is 0 Å². The fourth-order valence-corrected chi connectivity index (χ4v) is 3.12. The van der Waals surface area contributed by atoms with Gasteiger partial charge in [-0.1, -0.05) is 30.3 Å². The number of aromatic nitrogens is 3. The average Bonchev–Trinajstić information content (AvgIpc) is 3.17. The van der Waals surface area contributed by atoms with E-state index in [9.17, 15) is 4.79 Å². The summed E-state index contributed by atoms with van der Waals surface area (Å²) in [5.41, 5.74) is 7.88. The summed E-state index contributed by atoms with van der Waals surface area (Å²) >= 11 is 0. The number of nitrogens with zero attached hydrogens (tertiary/aromatic N) is 2. The summed E-state index contributed by atoms with van der Waals surface area (Å²) in [6, 6.07) is 15.2. The first-order chi connectivity index (χ1) is 13.2. The number of aromatic amines is 1. The van der Waals surface area contributed by atoms with E-state index >= 15 is 0 Å². The number of rotatable bonds is 6. The van der Waals surface area contributed by atoms with Gasteiger partial charge in [0.2, 0.25) is 5.91 Å². The summed E-state index contributed by atoms with van der Waals surface area (Å²) < 4.78 is 5.97. The Morgan fingerprint density at radius 1 is 1.22 bits per heavy atom. The summed E-state index contributed by atoms with van der Waals surface area (Å²) in [7, 11) is 0. The Labute approximate surface area is 157 Å². The van der Waals surface area contributed by atoms with E-state index in [4.69, 9.17) is 10.5 Å². The van der Waals surface area contributed by atoms with Crippen molar-refractivity contribution in [2.24, 2.45) is 5.73 Å². The maximum atomic E-state index is 11.5. The second-order valence-electron chi connectivity index (χ2n) is 6.33. The van der Waals surface area contributed by atoms with E-state index in [1.807, 2.05) is 48.9 Å². The van der Waals surface area contributed by atoms with E-state index in [0.29, 0.717) is 36.6 Å². The molecule has 1 amide bonds. The van der Waals surface area contributed by atoms with Gasteiger partial charge in [0.05, 0.1) is 12.2 Å². The molecule has 1 atom stereocenters. The van der Waals surface area contributed by atoms with Gasteiger partial charge in [0, 0.05) is 12.0 Å². The van der Waals surface area contributed by atoms with Crippen molar-refractivity contribution in [3.05, 3.63) is 77.7 Å². The quantitative estimate of drug-likeness (QED) is 0.625. The van der Waals surface area contributed by atoms with Gasteiger partial charge in [0.15, 0.2) is 11.9 Å². The molecule has 7 nitrogen and oxygen atoms in total. The lowest BCUT2D eigenvalue weighted by Crippen LogP contribution is -2.24. The van der Waals surface area contributed by atoms with Crippen molar-refractivity contribution >= 4 is 11.6 Å². The Balaban J connectivity index is 1.36. The van der Waals surface area contributed by atoms with Crippen LogP contribution >= 0.6 is 0 Å². The van der Waals surface area contributed by atoms with Gasteiger partial charge in [0.25, 0.3) is 0 Å². The maximum absolute atomic E-state index is 11.5. The number of nitrogens with two attached hydrogens (primary N) is 1. The number of benzene rings is 2. The molecule has 2 heterocycles. The van der Waals surface area contributed by atoms with Crippen LogP contribution in [-0.2, 0) is 6.42 Å². The second-order valence-corrected chi connectivity index (χ2v) is 6.33. The van der Waals surface area contributed by atoms with Crippen LogP contribution in [-0.4, -0.2) is 27.6 Å². The highest BCUT2D eigenvalue weighted by molar-refractivity contribution is 5.94. The third kappa shape index (κ3) is 3.76. The molecule has 7 heteroatoms. The van der Waals surface area contributed by atoms with Crippen LogP contribution in [0.15, 0.2) is 48.5 Å². The predicted molar refractivity (Wildman–Crippen MR) is 101 cm³/mol. The predicted octanol–water partition coefficient (Wildman–Crippen LogP) is 2.63. The van der Waals surface area contributed by atoms with E-state index in [1.54, 1.807) is 6.07 Å². The zero-order valence-corrected chi connectivity index (χ0v) is 14.7. The van der Waals surface area contributed by atoms with E-state index in [1.165, 1.54) is 0 Å². The summed E-state index contributed by atoms with van der Waals surface area (Å²) in [4.78, 5) is 16.0. The first-order valence-corrected chi connectivity index (χ1v) is 8.83. The minimum atomic E-state index is -0.408. The smallest absolute Gasteiger partial charge is 0.248 e. The zero-order chi connectivity index (χ0) is 18.6. The summed E-state index contributed by atoms with van der Waals surface area (Å²) in [6.45, 7) is 0.611. The molecular formula is C20H20N5O2. The molecule has 3 aromatic rings. The molecule has 0 saturated heterocycles. The Bertz CT molecular complexity index is 953. The molecule has 1 aliphatic heterocycles. The minimum absolute atomic E-state index is 0.242. The van der Waals surface area contributed by atoms with Gasteiger partial charge >= 0.3 is 0 Å². The van der Waals surface area contributed by atoms with E-state index in [-0.39, 0.29) is 6.10 Å². The lowest BCUT2D eigenvalue weighted by Gasteiger charge is -2.25. The Hall–Kier alpha value is -3.35. The van der Waals surface area contributed by atoms with Crippen LogP contribution < -0.4 is 15.8 Å². The number of hydrogen-bond acceptors (Lipinski definition) is 5. The second kappa shape index (κ2) is 7.49. The first-order valence-electron chi connectivity index (χ1n) is 8.83. The van der Waals surface area contributed by atoms with Gasteiger partial charge in [-0.15, -0.1) is 0 Å². The van der Waals surface area contributed by atoms with Crippen LogP contribution in [0.3, 0.4) is 0 Å². The Kier molecular flexibility index (Phi) is 4.74. The number of ether oxygens (including phenoxy) is 1. The van der Waals surface area contributed by atoms with Gasteiger partial charge in [-0.2, -0.15) is 5.10 Å². The minimum Gasteiger partial charge on any atom is -0.478 e. The number of amides is 1. The van der Waals surface area contributed by atoms with Crippen molar-refractivity contribution in [2.75, 3.05) is 11.9 Å². The van der Waals surface area contributed by atoms with Crippen molar-refractivity contribution in [1.82, 2.24) is 15.2 Å². The normalized spacial score (nSPS) is 15.5. The molecule has 2 aromatic carbocycles. The Morgan fingerprint density at radius 2 is 2.04 bits per heavy atom. The molecule has 0 aliphatic carbocycles. The third-order valence-electron chi connectivity index (χ3n) is 4.48. The van der Waals surface area contributed by atoms with Crippen LogP contribution in [0.5, 0.6) is 5.75 Å². The molecule has 1 radical (unpaired) electrons. The van der Waals surface area contributed by atoms with Crippen molar-refractivity contribution in [2.45, 2.75) is 18.9 Å². The molecule has 0 fully saturated rings. The van der Waals surface area contributed by atoms with E-state index in [0.717, 1.165) is 17.0 Å². The maximum Gasteiger partial charge on any atom is 0.248 e. The largest absolute Gasteiger partial charge is 0.478 e. The highest BCUT2D eigenvalue weighted by Gasteiger charge is 2.24. The van der Waals surface area contributed by atoms with Gasteiger partial charge in [0.1, 0.15) is 11.6 Å². The zero-order valence-electron chi connectivity index (χ0n) is 14.7. The summed E-state index contributed by atoms with van der Waals surface area (Å²) in [5.74, 6) is 1.69. The number of H-pyrrole nitrogens is 1. The van der Waals surface area contributed by atoms with E-state index < -0.39 is 5.91 Å². The van der Waals surface area contributed by atoms with Gasteiger partial charge in [-0.05, 0) is 36.6 Å². The average molecular weight is 362 g/mol. The number of carbonyl (C=O) groups excluding carboxylic acids is 1. The number of para-hydroxylation sites is 2. The first kappa shape index (κ1) is 17.1. The number of carbonyl (C=O) groups is 1. The number of anilines is 1. The number of primary amides is 1. The summed E-state index contributed by atoms with van der Waals surface area (Å²) in [5, 5.41) is 10.5. The van der Waals surface area contributed by atoms with Gasteiger partial charge < -0.3 is 15.8 Å². The van der Waals surface area contributed by atoms with Crippen molar-refractivity contribution in [3.63, 3.8) is 0 Å². The number of hydrogen-bond donors (Lipinski definition) is 3. The highest BCUT2D eigenvalue weighted by atomic mass is 16.5. The number of nitrogens with one attached hydrogen (secondary N) is 2. The van der Waals surface area contributed by atoms with Crippen LogP contribution in [0, 0.1) is 6.42 Å². The van der Waals surface area contributed by atoms with Gasteiger partial charge in [-0.25, -0.2) is 4.98 Å². The lowest BCUT2D eigenvalue weighted by molar-refractivity contribution is 0.0999. The fraction of sp³-hybridized carbons (Fsp3) is 0.200. The summed E-state index contributed by atoms with van der Waals surface area (Å²) in [6.07, 6.45) is 3.13. The fourth-order valence-electron chi connectivity index (χ4n) is 3.12. The topological polar surface area (TPSA) is 106 Å². The molecule has 4 rings (SSSR count). The molecule has 0 unspecified atom stereocenters. The van der Waals surface area contributed by atoms with Crippen molar-refractivity contribution in [3.8, 4) is 5.75 Å². The third-order valence-corrected chi connectivity index (χ3v) is 4.48. The standard InChI is InChI=1S/C20H20N5O2/c21-19(26)14-8-2-1-6-13(14)7-5-11-18-23-20(25-24-18)17-12-22-15-9-3-4-10-16(15)27-17/h1-4,6,8-11,17,22H,5,7,12H2,(H2,21,26)(H,23,24,25)/t17-/m1/s1. The molecule has 1 aromatic heterocycles. The van der Waals surface area contributed by atoms with Crippen LogP contribution in [0.4, 0.5) is 5.69 Å². The number of fused-ring (bicyclic) bond motifs is 1. The lowest BCUT2D eigenvalue weighted by atomic mass is 10.0. The molecule has 0 bridgehead atoms.